The maximum atomic E-state index is 13.4. The number of carbonyl (C=O) groups excluding carboxylic acids is 2. The van der Waals surface area contributed by atoms with Gasteiger partial charge in [-0.3, -0.25) is 14.5 Å². The number of amides is 2. The van der Waals surface area contributed by atoms with Gasteiger partial charge < -0.3 is 9.80 Å². The highest BCUT2D eigenvalue weighted by Crippen LogP contribution is 2.42. The van der Waals surface area contributed by atoms with Crippen LogP contribution < -0.4 is 4.90 Å². The van der Waals surface area contributed by atoms with E-state index in [4.69, 9.17) is 12.2 Å². The van der Waals surface area contributed by atoms with Gasteiger partial charge in [-0.15, -0.1) is 0 Å². The molecule has 10 heteroatoms. The topological polar surface area (TPSA) is 43.9 Å². The molecule has 2 aromatic carbocycles. The van der Waals surface area contributed by atoms with Crippen LogP contribution in [0.25, 0.3) is 6.08 Å². The number of piperazine rings is 1. The molecule has 0 N–H and O–H groups in total. The van der Waals surface area contributed by atoms with Gasteiger partial charge in [0.25, 0.3) is 11.8 Å². The number of para-hydroxylation sites is 1. The Morgan fingerprint density at radius 2 is 1.67 bits per heavy atom. The number of rotatable bonds is 3. The molecule has 0 aliphatic carbocycles. The van der Waals surface area contributed by atoms with Crippen LogP contribution >= 0.6 is 24.0 Å². The molecule has 172 valence electrons. The van der Waals surface area contributed by atoms with Crippen molar-refractivity contribution in [1.29, 1.82) is 0 Å². The minimum Gasteiger partial charge on any atom is -0.336 e. The Hall–Kier alpha value is -2.69. The SMILES string of the molecule is CN1CCN(C(=O)c2ccc(/C=C3\SC(=S)N(c4ccccc4C(F)(F)F)C3=O)cc2)CC1. The Morgan fingerprint density at radius 1 is 1.03 bits per heavy atom. The largest absolute Gasteiger partial charge is 0.418 e. The Bertz CT molecular complexity index is 1120. The van der Waals surface area contributed by atoms with Gasteiger partial charge in [0.1, 0.15) is 0 Å². The Morgan fingerprint density at radius 3 is 2.30 bits per heavy atom. The van der Waals surface area contributed by atoms with Gasteiger partial charge in [-0.1, -0.05) is 48.2 Å². The lowest BCUT2D eigenvalue weighted by atomic mass is 10.1. The third-order valence-corrected chi connectivity index (χ3v) is 6.79. The fourth-order valence-corrected chi connectivity index (χ4v) is 4.93. The lowest BCUT2D eigenvalue weighted by Gasteiger charge is -2.32. The van der Waals surface area contributed by atoms with E-state index >= 15 is 0 Å². The average Bonchev–Trinajstić information content (AvgIpc) is 3.06. The van der Waals surface area contributed by atoms with Gasteiger partial charge in [0, 0.05) is 31.7 Å². The lowest BCUT2D eigenvalue weighted by molar-refractivity contribution is -0.137. The van der Waals surface area contributed by atoms with Gasteiger partial charge in [0.05, 0.1) is 16.2 Å². The number of alkyl halides is 3. The summed E-state index contributed by atoms with van der Waals surface area (Å²) in [4.78, 5) is 30.7. The molecule has 2 aromatic rings. The second kappa shape index (κ2) is 9.28. The van der Waals surface area contributed by atoms with Crippen LogP contribution in [-0.2, 0) is 11.0 Å². The molecule has 5 nitrogen and oxygen atoms in total. The van der Waals surface area contributed by atoms with Crippen molar-refractivity contribution >= 4 is 51.9 Å². The van der Waals surface area contributed by atoms with Crippen LogP contribution in [0.3, 0.4) is 0 Å². The summed E-state index contributed by atoms with van der Waals surface area (Å²) in [7, 11) is 2.01. The number of halogens is 3. The smallest absolute Gasteiger partial charge is 0.336 e. The molecule has 2 heterocycles. The normalized spacial score (nSPS) is 19.0. The highest BCUT2D eigenvalue weighted by Gasteiger charge is 2.40. The first kappa shape index (κ1) is 23.5. The summed E-state index contributed by atoms with van der Waals surface area (Å²) in [6.07, 6.45) is -3.05. The minimum absolute atomic E-state index is 0.0322. The van der Waals surface area contributed by atoms with Gasteiger partial charge in [-0.2, -0.15) is 13.2 Å². The first-order valence-electron chi connectivity index (χ1n) is 10.2. The molecule has 0 spiro atoms. The predicted octanol–water partition coefficient (Wildman–Crippen LogP) is 4.50. The average molecular weight is 492 g/mol. The Balaban J connectivity index is 1.53. The predicted molar refractivity (Wildman–Crippen MR) is 127 cm³/mol. The number of thioether (sulfide) groups is 1. The second-order valence-corrected chi connectivity index (χ2v) is 9.43. The molecule has 2 aliphatic rings. The minimum atomic E-state index is -4.62. The molecule has 0 unspecified atom stereocenters. The molecule has 0 aromatic heterocycles. The van der Waals surface area contributed by atoms with E-state index in [1.165, 1.54) is 18.2 Å². The first-order chi connectivity index (χ1) is 15.6. The Labute approximate surface area is 198 Å². The van der Waals surface area contributed by atoms with E-state index < -0.39 is 17.6 Å². The highest BCUT2D eigenvalue weighted by molar-refractivity contribution is 8.27. The molecule has 2 fully saturated rings. The van der Waals surface area contributed by atoms with Crippen molar-refractivity contribution in [2.75, 3.05) is 38.1 Å². The van der Waals surface area contributed by atoms with Gasteiger partial charge in [0.2, 0.25) is 0 Å². The molecular weight excluding hydrogens is 471 g/mol. The van der Waals surface area contributed by atoms with Crippen LogP contribution in [-0.4, -0.2) is 59.2 Å². The van der Waals surface area contributed by atoms with Crippen LogP contribution in [0.5, 0.6) is 0 Å². The van der Waals surface area contributed by atoms with Crippen molar-refractivity contribution in [2.45, 2.75) is 6.18 Å². The fourth-order valence-electron chi connectivity index (χ4n) is 3.65. The van der Waals surface area contributed by atoms with Crippen molar-refractivity contribution in [3.05, 3.63) is 70.1 Å². The third kappa shape index (κ3) is 4.97. The quantitative estimate of drug-likeness (QED) is 0.467. The van der Waals surface area contributed by atoms with Crippen LogP contribution in [0, 0.1) is 0 Å². The van der Waals surface area contributed by atoms with Crippen LogP contribution in [0.4, 0.5) is 18.9 Å². The van der Waals surface area contributed by atoms with E-state index in [9.17, 15) is 22.8 Å². The van der Waals surface area contributed by atoms with Gasteiger partial charge in [0.15, 0.2) is 4.32 Å². The standard InChI is InChI=1S/C23H20F3N3O2S2/c1-27-10-12-28(13-11-27)20(30)16-8-6-15(7-9-16)14-19-21(31)29(22(32)33-19)18-5-3-2-4-17(18)23(24,25)26/h2-9,14H,10-13H2,1H3/b19-14-. The van der Waals surface area contributed by atoms with Gasteiger partial charge in [-0.05, 0) is 43.0 Å². The first-order valence-corrected chi connectivity index (χ1v) is 11.4. The number of benzene rings is 2. The molecule has 2 saturated heterocycles. The number of likely N-dealkylation sites (N-methyl/N-ethyl adjacent to an activating group) is 1. The summed E-state index contributed by atoms with van der Waals surface area (Å²) >= 11 is 6.16. The van der Waals surface area contributed by atoms with Crippen LogP contribution in [0.2, 0.25) is 0 Å². The molecule has 2 aliphatic heterocycles. The van der Waals surface area contributed by atoms with Gasteiger partial charge in [-0.25, -0.2) is 0 Å². The fraction of sp³-hybridized carbons (Fsp3) is 0.261. The highest BCUT2D eigenvalue weighted by atomic mass is 32.2. The maximum Gasteiger partial charge on any atom is 0.418 e. The second-order valence-electron chi connectivity index (χ2n) is 7.75. The van der Waals surface area contributed by atoms with Crippen molar-refractivity contribution < 1.29 is 22.8 Å². The number of thiocarbonyl (C=S) groups is 1. The summed E-state index contributed by atoms with van der Waals surface area (Å²) in [5.41, 5.74) is -0.0174. The van der Waals surface area contributed by atoms with Gasteiger partial charge >= 0.3 is 6.18 Å². The summed E-state index contributed by atoms with van der Waals surface area (Å²) in [5, 5.41) is 0. The van der Waals surface area contributed by atoms with E-state index in [0.29, 0.717) is 24.2 Å². The molecule has 33 heavy (non-hydrogen) atoms. The Kier molecular flexibility index (Phi) is 6.60. The summed E-state index contributed by atoms with van der Waals surface area (Å²) in [5.74, 6) is -0.663. The maximum absolute atomic E-state index is 13.4. The summed E-state index contributed by atoms with van der Waals surface area (Å²) in [6, 6.07) is 11.6. The zero-order chi connectivity index (χ0) is 23.8. The molecule has 0 radical (unpaired) electrons. The van der Waals surface area contributed by atoms with Crippen LogP contribution in [0.15, 0.2) is 53.4 Å². The summed E-state index contributed by atoms with van der Waals surface area (Å²) < 4.78 is 40.3. The van der Waals surface area contributed by atoms with Crippen molar-refractivity contribution in [3.63, 3.8) is 0 Å². The molecular formula is C23H20F3N3O2S2. The van der Waals surface area contributed by atoms with E-state index in [-0.39, 0.29) is 20.8 Å². The van der Waals surface area contributed by atoms with Crippen molar-refractivity contribution in [3.8, 4) is 0 Å². The monoisotopic (exact) mass is 491 g/mol. The molecule has 0 atom stereocenters. The third-order valence-electron chi connectivity index (χ3n) is 5.49. The van der Waals surface area contributed by atoms with Crippen molar-refractivity contribution in [2.24, 2.45) is 0 Å². The number of anilines is 1. The number of hydrogen-bond acceptors (Lipinski definition) is 5. The number of carbonyl (C=O) groups is 2. The zero-order valence-electron chi connectivity index (χ0n) is 17.6. The molecule has 0 bridgehead atoms. The molecule has 2 amide bonds. The van der Waals surface area contributed by atoms with E-state index in [0.717, 1.165) is 35.8 Å². The van der Waals surface area contributed by atoms with E-state index in [1.54, 1.807) is 35.2 Å². The van der Waals surface area contributed by atoms with E-state index in [2.05, 4.69) is 4.90 Å². The molecule has 0 saturated carbocycles. The van der Waals surface area contributed by atoms with Crippen molar-refractivity contribution in [1.82, 2.24) is 9.80 Å². The number of hydrogen-bond donors (Lipinski definition) is 0. The lowest BCUT2D eigenvalue weighted by Crippen LogP contribution is -2.47. The zero-order valence-corrected chi connectivity index (χ0v) is 19.3. The van der Waals surface area contributed by atoms with E-state index in [1.807, 2.05) is 7.05 Å². The number of nitrogens with zero attached hydrogens (tertiary/aromatic N) is 3. The van der Waals surface area contributed by atoms with Crippen LogP contribution in [0.1, 0.15) is 21.5 Å². The molecule has 4 rings (SSSR count). The summed E-state index contributed by atoms with van der Waals surface area (Å²) in [6.45, 7) is 2.98.